The number of hydrogen-bond donors (Lipinski definition) is 1. The Morgan fingerprint density at radius 1 is 0.861 bits per heavy atom. The smallest absolute Gasteiger partial charge is 0.430 e. The van der Waals surface area contributed by atoms with Gasteiger partial charge >= 0.3 is 12.4 Å². The highest BCUT2D eigenvalue weighted by molar-refractivity contribution is 5.84. The zero-order chi connectivity index (χ0) is 26.3. The van der Waals surface area contributed by atoms with Crippen LogP contribution in [-0.2, 0) is 12.0 Å². The van der Waals surface area contributed by atoms with Crippen LogP contribution in [0.3, 0.4) is 0 Å². The molecular formula is C25H18F6N2O3. The second-order valence-corrected chi connectivity index (χ2v) is 7.94. The molecule has 1 N–H and O–H groups in total. The van der Waals surface area contributed by atoms with Gasteiger partial charge in [0.2, 0.25) is 0 Å². The first kappa shape index (κ1) is 25.2. The van der Waals surface area contributed by atoms with E-state index in [0.29, 0.717) is 17.9 Å². The third kappa shape index (κ3) is 4.19. The molecule has 4 rings (SSSR count). The van der Waals surface area contributed by atoms with E-state index in [1.54, 1.807) is 42.5 Å². The molecule has 1 aromatic heterocycles. The van der Waals surface area contributed by atoms with Crippen molar-refractivity contribution in [2.45, 2.75) is 24.4 Å². The highest BCUT2D eigenvalue weighted by Gasteiger charge is 2.71. The van der Waals surface area contributed by atoms with Crippen molar-refractivity contribution in [3.05, 3.63) is 100 Å². The molecule has 0 radical (unpaired) electrons. The molecule has 3 aromatic carbocycles. The molecule has 188 valence electrons. The minimum atomic E-state index is -6.02. The van der Waals surface area contributed by atoms with Crippen LogP contribution in [0.4, 0.5) is 26.3 Å². The van der Waals surface area contributed by atoms with Crippen LogP contribution < -0.4 is 10.3 Å². The average molecular weight is 508 g/mol. The Labute approximate surface area is 200 Å². The highest BCUT2D eigenvalue weighted by atomic mass is 19.4. The van der Waals surface area contributed by atoms with Crippen LogP contribution in [0.15, 0.2) is 77.6 Å². The minimum absolute atomic E-state index is 0.0291. The zero-order valence-electron chi connectivity index (χ0n) is 18.6. The van der Waals surface area contributed by atoms with Gasteiger partial charge in [-0.05, 0) is 29.8 Å². The van der Waals surface area contributed by atoms with E-state index in [4.69, 9.17) is 4.74 Å². The van der Waals surface area contributed by atoms with E-state index >= 15 is 0 Å². The number of para-hydroxylation sites is 1. The van der Waals surface area contributed by atoms with E-state index in [-0.39, 0.29) is 28.8 Å². The van der Waals surface area contributed by atoms with E-state index in [2.05, 4.69) is 4.98 Å². The second-order valence-electron chi connectivity index (χ2n) is 7.94. The minimum Gasteiger partial charge on any atom is -0.494 e. The molecule has 0 bridgehead atoms. The molecule has 11 heteroatoms. The van der Waals surface area contributed by atoms with Crippen LogP contribution in [0.1, 0.15) is 17.0 Å². The lowest BCUT2D eigenvalue weighted by Gasteiger charge is -2.32. The molecule has 0 spiro atoms. The highest BCUT2D eigenvalue weighted by Crippen LogP contribution is 2.50. The third-order valence-electron chi connectivity index (χ3n) is 5.72. The summed E-state index contributed by atoms with van der Waals surface area (Å²) in [5.41, 5.74) is -6.12. The summed E-state index contributed by atoms with van der Waals surface area (Å²) in [6, 6.07) is 16.3. The van der Waals surface area contributed by atoms with Crippen molar-refractivity contribution in [2.24, 2.45) is 0 Å². The van der Waals surface area contributed by atoms with Crippen LogP contribution in [0, 0.1) is 0 Å². The van der Waals surface area contributed by atoms with Gasteiger partial charge in [-0.2, -0.15) is 26.3 Å². The molecule has 0 fully saturated rings. The molecular weight excluding hydrogens is 490 g/mol. The molecule has 0 aliphatic heterocycles. The van der Waals surface area contributed by atoms with Gasteiger partial charge in [-0.1, -0.05) is 48.5 Å². The summed E-state index contributed by atoms with van der Waals surface area (Å²) in [5.74, 6) is 0.500. The van der Waals surface area contributed by atoms with Crippen molar-refractivity contribution in [1.29, 1.82) is 0 Å². The van der Waals surface area contributed by atoms with Gasteiger partial charge in [-0.25, -0.2) is 4.98 Å². The topological polar surface area (TPSA) is 64.3 Å². The fraction of sp³-hybridized carbons (Fsp3) is 0.200. The fourth-order valence-electron chi connectivity index (χ4n) is 3.89. The van der Waals surface area contributed by atoms with E-state index in [1.165, 1.54) is 13.2 Å². The lowest BCUT2D eigenvalue weighted by Crippen LogP contribution is -2.53. The number of ether oxygens (including phenoxy) is 1. The number of benzene rings is 3. The maximum Gasteiger partial charge on any atom is 0.430 e. The predicted molar refractivity (Wildman–Crippen MR) is 119 cm³/mol. The Morgan fingerprint density at radius 3 is 2.03 bits per heavy atom. The normalized spacial score (nSPS) is 12.7. The quantitative estimate of drug-likeness (QED) is 0.372. The third-order valence-corrected chi connectivity index (χ3v) is 5.72. The van der Waals surface area contributed by atoms with Gasteiger partial charge in [0.05, 0.1) is 18.2 Å². The van der Waals surface area contributed by atoms with Crippen LogP contribution in [0.5, 0.6) is 5.75 Å². The number of aliphatic hydroxyl groups is 1. The summed E-state index contributed by atoms with van der Waals surface area (Å²) in [4.78, 5) is 18.0. The molecule has 36 heavy (non-hydrogen) atoms. The molecule has 5 nitrogen and oxygen atoms in total. The number of alkyl halides is 6. The van der Waals surface area contributed by atoms with Gasteiger partial charge < -0.3 is 9.84 Å². The molecule has 0 aliphatic carbocycles. The van der Waals surface area contributed by atoms with Crippen molar-refractivity contribution < 1.29 is 36.2 Å². The summed E-state index contributed by atoms with van der Waals surface area (Å²) in [5, 5.41) is 9.81. The van der Waals surface area contributed by atoms with Crippen molar-refractivity contribution in [2.75, 3.05) is 7.11 Å². The van der Waals surface area contributed by atoms with Gasteiger partial charge in [0.15, 0.2) is 0 Å². The average Bonchev–Trinajstić information content (AvgIpc) is 2.83. The van der Waals surface area contributed by atoms with Crippen LogP contribution in [0.25, 0.3) is 16.6 Å². The zero-order valence-corrected chi connectivity index (χ0v) is 18.6. The van der Waals surface area contributed by atoms with Gasteiger partial charge in [0.25, 0.3) is 11.2 Å². The molecule has 0 unspecified atom stereocenters. The first-order valence-corrected chi connectivity index (χ1v) is 10.5. The number of fused-ring (bicyclic) bond motifs is 1. The Kier molecular flexibility index (Phi) is 6.29. The molecule has 0 amide bonds. The second kappa shape index (κ2) is 8.98. The number of halogens is 6. The van der Waals surface area contributed by atoms with E-state index in [1.807, 2.05) is 0 Å². The van der Waals surface area contributed by atoms with Crippen LogP contribution in [-0.4, -0.2) is 34.1 Å². The van der Waals surface area contributed by atoms with Gasteiger partial charge in [0.1, 0.15) is 17.1 Å². The van der Waals surface area contributed by atoms with E-state index < -0.39 is 29.1 Å². The standard InChI is InChI=1S/C25H18F6N2O3/c1-36-19-9-5-8-18-21(19)32-20(14-15-6-3-2-4-7-15)33(22(18)34)17-12-10-16(11-13-17)23(35,24(26,27)28)25(29,30)31/h2-13,35H,14H2,1H3. The lowest BCUT2D eigenvalue weighted by molar-refractivity contribution is -0.376. The summed E-state index contributed by atoms with van der Waals surface area (Å²) >= 11 is 0. The summed E-state index contributed by atoms with van der Waals surface area (Å²) in [6.07, 6.45) is -11.9. The number of rotatable bonds is 5. The number of hydrogen-bond acceptors (Lipinski definition) is 4. The van der Waals surface area contributed by atoms with E-state index in [0.717, 1.165) is 22.3 Å². The predicted octanol–water partition coefficient (Wildman–Crippen LogP) is 5.30. The molecule has 0 saturated heterocycles. The van der Waals surface area contributed by atoms with Crippen LogP contribution in [0.2, 0.25) is 0 Å². The van der Waals surface area contributed by atoms with Crippen molar-refractivity contribution in [1.82, 2.24) is 9.55 Å². The first-order chi connectivity index (χ1) is 16.9. The monoisotopic (exact) mass is 508 g/mol. The van der Waals surface area contributed by atoms with Crippen molar-refractivity contribution in [3.8, 4) is 11.4 Å². The molecule has 1 heterocycles. The van der Waals surface area contributed by atoms with Gasteiger partial charge in [-0.15, -0.1) is 0 Å². The van der Waals surface area contributed by atoms with Crippen LogP contribution >= 0.6 is 0 Å². The number of aromatic nitrogens is 2. The summed E-state index contributed by atoms with van der Waals surface area (Å²) < 4.78 is 86.1. The first-order valence-electron chi connectivity index (χ1n) is 10.5. The molecule has 0 atom stereocenters. The number of methoxy groups -OCH3 is 1. The fourth-order valence-corrected chi connectivity index (χ4v) is 3.89. The Bertz CT molecular complexity index is 1430. The van der Waals surface area contributed by atoms with Crippen molar-refractivity contribution in [3.63, 3.8) is 0 Å². The largest absolute Gasteiger partial charge is 0.494 e. The number of nitrogens with zero attached hydrogens (tertiary/aromatic N) is 2. The Morgan fingerprint density at radius 2 is 1.47 bits per heavy atom. The van der Waals surface area contributed by atoms with Gasteiger partial charge in [0, 0.05) is 12.0 Å². The summed E-state index contributed by atoms with van der Waals surface area (Å²) in [7, 11) is 1.40. The molecule has 0 aliphatic rings. The Hall–Kier alpha value is -3.86. The lowest BCUT2D eigenvalue weighted by atomic mass is 9.92. The molecule has 0 saturated carbocycles. The maximum absolute atomic E-state index is 13.5. The van der Waals surface area contributed by atoms with E-state index in [9.17, 15) is 36.2 Å². The Balaban J connectivity index is 1.93. The maximum atomic E-state index is 13.5. The SMILES string of the molecule is COc1cccc2c(=O)n(-c3ccc(C(O)(C(F)(F)F)C(F)(F)F)cc3)c(Cc3ccccc3)nc12. The van der Waals surface area contributed by atoms with Gasteiger partial charge in [-0.3, -0.25) is 9.36 Å². The molecule has 4 aromatic rings. The van der Waals surface area contributed by atoms with Crippen molar-refractivity contribution >= 4 is 10.9 Å². The summed E-state index contributed by atoms with van der Waals surface area (Å²) in [6.45, 7) is 0.